The van der Waals surface area contributed by atoms with Crippen LogP contribution in [-0.4, -0.2) is 35.5 Å². The number of hydrogen-bond donors (Lipinski definition) is 0. The predicted octanol–water partition coefficient (Wildman–Crippen LogP) is 2.00. The molecule has 1 amide bonds. The minimum atomic E-state index is -0.556. The maximum absolute atomic E-state index is 11.6. The normalized spacial score (nSPS) is 12.8. The van der Waals surface area contributed by atoms with Crippen LogP contribution in [0.5, 0.6) is 0 Å². The molecule has 0 aliphatic carbocycles. The summed E-state index contributed by atoms with van der Waals surface area (Å²) in [4.78, 5) is 23.4. The third-order valence-corrected chi connectivity index (χ3v) is 1.73. The van der Waals surface area contributed by atoms with Gasteiger partial charge in [0.25, 0.3) is 0 Å². The summed E-state index contributed by atoms with van der Waals surface area (Å²) in [7, 11) is 0. The van der Waals surface area contributed by atoms with Gasteiger partial charge in [-0.2, -0.15) is 0 Å². The Morgan fingerprint density at radius 1 is 1.53 bits per heavy atom. The van der Waals surface area contributed by atoms with E-state index in [4.69, 9.17) is 4.74 Å². The van der Waals surface area contributed by atoms with Crippen LogP contribution >= 0.6 is 0 Å². The first kappa shape index (κ1) is 13.7. The number of ether oxygens (including phenoxy) is 1. The van der Waals surface area contributed by atoms with Crippen LogP contribution in [-0.2, 0) is 9.53 Å². The molecule has 0 fully saturated rings. The Labute approximate surface area is 90.9 Å². The molecule has 0 aromatic heterocycles. The van der Waals surface area contributed by atoms with E-state index >= 15 is 0 Å². The van der Waals surface area contributed by atoms with Gasteiger partial charge < -0.3 is 9.53 Å². The van der Waals surface area contributed by atoms with Crippen molar-refractivity contribution in [2.75, 3.05) is 6.54 Å². The topological polar surface area (TPSA) is 46.6 Å². The van der Waals surface area contributed by atoms with E-state index in [0.29, 0.717) is 6.29 Å². The Balaban J connectivity index is 4.55. The van der Waals surface area contributed by atoms with Crippen molar-refractivity contribution in [3.05, 3.63) is 12.7 Å². The third-order valence-electron chi connectivity index (χ3n) is 1.73. The highest BCUT2D eigenvalue weighted by Crippen LogP contribution is 2.11. The average Bonchev–Trinajstić information content (AvgIpc) is 2.10. The Morgan fingerprint density at radius 3 is 2.40 bits per heavy atom. The molecule has 0 aromatic rings. The van der Waals surface area contributed by atoms with Crippen LogP contribution in [0.2, 0.25) is 0 Å². The van der Waals surface area contributed by atoms with Crippen LogP contribution in [0.25, 0.3) is 0 Å². The smallest absolute Gasteiger partial charge is 0.411 e. The minimum Gasteiger partial charge on any atom is -0.444 e. The number of amides is 1. The van der Waals surface area contributed by atoms with E-state index < -0.39 is 11.7 Å². The molecule has 0 bridgehead atoms. The van der Waals surface area contributed by atoms with E-state index in [1.807, 2.05) is 0 Å². The number of hydrogen-bond acceptors (Lipinski definition) is 3. The molecule has 0 N–H and O–H groups in total. The second-order valence-corrected chi connectivity index (χ2v) is 4.28. The number of aldehydes is 1. The van der Waals surface area contributed by atoms with Gasteiger partial charge in [-0.15, -0.1) is 6.58 Å². The second kappa shape index (κ2) is 5.53. The molecule has 0 saturated heterocycles. The Hall–Kier alpha value is -1.32. The molecule has 0 aliphatic heterocycles. The third kappa shape index (κ3) is 5.20. The predicted molar refractivity (Wildman–Crippen MR) is 58.7 cm³/mol. The summed E-state index contributed by atoms with van der Waals surface area (Å²) in [6.45, 7) is 10.7. The first-order valence-electron chi connectivity index (χ1n) is 4.87. The minimum absolute atomic E-state index is 0.0160. The second-order valence-electron chi connectivity index (χ2n) is 4.28. The summed E-state index contributed by atoms with van der Waals surface area (Å²) in [6.07, 6.45) is 1.76. The summed E-state index contributed by atoms with van der Waals surface area (Å²) >= 11 is 0. The Kier molecular flexibility index (Phi) is 5.05. The van der Waals surface area contributed by atoms with Crippen LogP contribution in [0.4, 0.5) is 4.79 Å². The zero-order valence-corrected chi connectivity index (χ0v) is 9.82. The van der Waals surface area contributed by atoms with Crippen molar-refractivity contribution in [2.24, 2.45) is 0 Å². The van der Waals surface area contributed by atoms with Crippen molar-refractivity contribution in [1.29, 1.82) is 0 Å². The lowest BCUT2D eigenvalue weighted by Crippen LogP contribution is -2.42. The quantitative estimate of drug-likeness (QED) is 0.530. The van der Waals surface area contributed by atoms with Gasteiger partial charge in [0.15, 0.2) is 0 Å². The van der Waals surface area contributed by atoms with Crippen molar-refractivity contribution in [3.63, 3.8) is 0 Å². The largest absolute Gasteiger partial charge is 0.444 e. The van der Waals surface area contributed by atoms with Gasteiger partial charge >= 0.3 is 6.09 Å². The molecule has 0 aliphatic rings. The highest BCUT2D eigenvalue weighted by molar-refractivity contribution is 5.72. The lowest BCUT2D eigenvalue weighted by atomic mass is 10.2. The van der Waals surface area contributed by atoms with Crippen LogP contribution in [0.3, 0.4) is 0 Å². The first-order chi connectivity index (χ1) is 6.81. The van der Waals surface area contributed by atoms with Gasteiger partial charge in [-0.3, -0.25) is 4.90 Å². The maximum Gasteiger partial charge on any atom is 0.411 e. The maximum atomic E-state index is 11.6. The molecule has 0 saturated carbocycles. The molecule has 1 atom stereocenters. The van der Waals surface area contributed by atoms with Crippen molar-refractivity contribution in [2.45, 2.75) is 39.3 Å². The van der Waals surface area contributed by atoms with E-state index in [0.717, 1.165) is 0 Å². The molecule has 4 nitrogen and oxygen atoms in total. The van der Waals surface area contributed by atoms with E-state index in [-0.39, 0.29) is 12.6 Å². The highest BCUT2D eigenvalue weighted by atomic mass is 16.6. The van der Waals surface area contributed by atoms with Gasteiger partial charge in [0.05, 0.1) is 12.6 Å². The lowest BCUT2D eigenvalue weighted by molar-refractivity contribution is -0.109. The van der Waals surface area contributed by atoms with Gasteiger partial charge in [0.2, 0.25) is 0 Å². The molecular formula is C11H19NO3. The van der Waals surface area contributed by atoms with Gasteiger partial charge in [0.1, 0.15) is 11.9 Å². The van der Waals surface area contributed by atoms with Crippen LogP contribution < -0.4 is 0 Å². The van der Waals surface area contributed by atoms with Crippen LogP contribution in [0.1, 0.15) is 27.7 Å². The SMILES string of the molecule is C=CC(C)N(CC=O)C(=O)OC(C)(C)C. The molecular weight excluding hydrogens is 194 g/mol. The van der Waals surface area contributed by atoms with Crippen molar-refractivity contribution < 1.29 is 14.3 Å². The number of carbonyl (C=O) groups excluding carboxylic acids is 2. The van der Waals surface area contributed by atoms with E-state index in [1.54, 1.807) is 33.8 Å². The van der Waals surface area contributed by atoms with Gasteiger partial charge in [-0.25, -0.2) is 4.79 Å². The summed E-state index contributed by atoms with van der Waals surface area (Å²) in [5, 5.41) is 0. The average molecular weight is 213 g/mol. The fourth-order valence-corrected chi connectivity index (χ4v) is 0.935. The molecule has 0 heterocycles. The van der Waals surface area contributed by atoms with Crippen molar-refractivity contribution in [1.82, 2.24) is 4.90 Å². The lowest BCUT2D eigenvalue weighted by Gasteiger charge is -2.28. The van der Waals surface area contributed by atoms with Gasteiger partial charge in [-0.05, 0) is 27.7 Å². The van der Waals surface area contributed by atoms with Crippen LogP contribution in [0, 0.1) is 0 Å². The molecule has 86 valence electrons. The van der Waals surface area contributed by atoms with Crippen molar-refractivity contribution >= 4 is 12.4 Å². The summed E-state index contributed by atoms with van der Waals surface area (Å²) in [5.74, 6) is 0. The number of carbonyl (C=O) groups is 2. The molecule has 1 unspecified atom stereocenters. The van der Waals surface area contributed by atoms with E-state index in [1.165, 1.54) is 4.90 Å². The number of rotatable bonds is 4. The van der Waals surface area contributed by atoms with Crippen LogP contribution in [0.15, 0.2) is 12.7 Å². The fourth-order valence-electron chi connectivity index (χ4n) is 0.935. The number of nitrogens with zero attached hydrogens (tertiary/aromatic N) is 1. The molecule has 4 heteroatoms. The summed E-state index contributed by atoms with van der Waals surface area (Å²) < 4.78 is 5.16. The molecule has 0 spiro atoms. The Morgan fingerprint density at radius 2 is 2.07 bits per heavy atom. The zero-order chi connectivity index (χ0) is 12.1. The van der Waals surface area contributed by atoms with Crippen molar-refractivity contribution in [3.8, 4) is 0 Å². The summed E-state index contributed by atoms with van der Waals surface area (Å²) in [5.41, 5.74) is -0.556. The molecule has 0 aromatic carbocycles. The fraction of sp³-hybridized carbons (Fsp3) is 0.636. The van der Waals surface area contributed by atoms with E-state index in [2.05, 4.69) is 6.58 Å². The van der Waals surface area contributed by atoms with Gasteiger partial charge in [-0.1, -0.05) is 6.08 Å². The summed E-state index contributed by atoms with van der Waals surface area (Å²) in [6, 6.07) is -0.218. The molecule has 15 heavy (non-hydrogen) atoms. The molecule has 0 rings (SSSR count). The molecule has 0 radical (unpaired) electrons. The first-order valence-corrected chi connectivity index (χ1v) is 4.87. The monoisotopic (exact) mass is 213 g/mol. The van der Waals surface area contributed by atoms with E-state index in [9.17, 15) is 9.59 Å². The Bertz CT molecular complexity index is 243. The highest BCUT2D eigenvalue weighted by Gasteiger charge is 2.24. The standard InChI is InChI=1S/C11H19NO3/c1-6-9(2)12(7-8-13)10(14)15-11(3,4)5/h6,8-9H,1,7H2,2-5H3. The zero-order valence-electron chi connectivity index (χ0n) is 9.82. The van der Waals surface area contributed by atoms with Gasteiger partial charge in [0, 0.05) is 0 Å².